The summed E-state index contributed by atoms with van der Waals surface area (Å²) in [6.07, 6.45) is 8.33. The van der Waals surface area contributed by atoms with Gasteiger partial charge in [0.15, 0.2) is 0 Å². The van der Waals surface area contributed by atoms with Gasteiger partial charge in [0.05, 0.1) is 6.26 Å². The van der Waals surface area contributed by atoms with Gasteiger partial charge in [-0.3, -0.25) is 0 Å². The molecular weight excluding hydrogens is 198 g/mol. The zero-order valence-electron chi connectivity index (χ0n) is 10.2. The Kier molecular flexibility index (Phi) is 4.05. The number of rotatable bonds is 4. The molecule has 2 N–H and O–H groups in total. The van der Waals surface area contributed by atoms with Gasteiger partial charge in [-0.05, 0) is 43.4 Å². The highest BCUT2D eigenvalue weighted by atomic mass is 16.3. The van der Waals surface area contributed by atoms with Gasteiger partial charge in [0.1, 0.15) is 5.76 Å². The van der Waals surface area contributed by atoms with Crippen molar-refractivity contribution in [3.8, 4) is 0 Å². The van der Waals surface area contributed by atoms with Gasteiger partial charge in [0, 0.05) is 5.92 Å². The van der Waals surface area contributed by atoms with Crippen molar-refractivity contribution in [1.82, 2.24) is 0 Å². The number of hydrogen-bond acceptors (Lipinski definition) is 2. The Labute approximate surface area is 98.2 Å². The van der Waals surface area contributed by atoms with E-state index in [1.165, 1.54) is 32.1 Å². The molecule has 90 valence electrons. The van der Waals surface area contributed by atoms with Crippen LogP contribution in [0.4, 0.5) is 0 Å². The molecule has 0 bridgehead atoms. The van der Waals surface area contributed by atoms with Gasteiger partial charge in [-0.2, -0.15) is 0 Å². The molecule has 1 aromatic rings. The van der Waals surface area contributed by atoms with E-state index in [1.54, 1.807) is 6.26 Å². The summed E-state index contributed by atoms with van der Waals surface area (Å²) in [7, 11) is 0. The predicted octanol–water partition coefficient (Wildman–Crippen LogP) is 3.54. The quantitative estimate of drug-likeness (QED) is 0.844. The Bertz CT molecular complexity index is 294. The molecule has 1 aliphatic carbocycles. The summed E-state index contributed by atoms with van der Waals surface area (Å²) in [6.45, 7) is 3.07. The Hall–Kier alpha value is -0.760. The molecule has 1 fully saturated rings. The molecular formula is C14H23NO. The second-order valence-electron chi connectivity index (χ2n) is 5.09. The second-order valence-corrected chi connectivity index (χ2v) is 5.09. The van der Waals surface area contributed by atoms with Crippen LogP contribution in [0.25, 0.3) is 0 Å². The van der Waals surface area contributed by atoms with Gasteiger partial charge in [-0.15, -0.1) is 0 Å². The predicted molar refractivity (Wildman–Crippen MR) is 66.2 cm³/mol. The lowest BCUT2D eigenvalue weighted by Gasteiger charge is -2.34. The highest BCUT2D eigenvalue weighted by molar-refractivity contribution is 5.09. The van der Waals surface area contributed by atoms with E-state index in [0.29, 0.717) is 11.8 Å². The van der Waals surface area contributed by atoms with Crippen LogP contribution in [-0.2, 0) is 0 Å². The third-order valence-corrected chi connectivity index (χ3v) is 4.01. The first-order valence-electron chi connectivity index (χ1n) is 6.58. The highest BCUT2D eigenvalue weighted by Crippen LogP contribution is 2.41. The van der Waals surface area contributed by atoms with Crippen LogP contribution in [0.2, 0.25) is 0 Å². The maximum absolute atomic E-state index is 5.88. The van der Waals surface area contributed by atoms with Crippen molar-refractivity contribution < 1.29 is 4.42 Å². The summed E-state index contributed by atoms with van der Waals surface area (Å²) < 4.78 is 5.58. The molecule has 2 heteroatoms. The van der Waals surface area contributed by atoms with Crippen LogP contribution in [0.5, 0.6) is 0 Å². The number of nitrogens with two attached hydrogens (primary N) is 1. The second kappa shape index (κ2) is 5.53. The van der Waals surface area contributed by atoms with Crippen molar-refractivity contribution in [2.24, 2.45) is 17.6 Å². The topological polar surface area (TPSA) is 39.2 Å². The Morgan fingerprint density at radius 1 is 1.44 bits per heavy atom. The molecule has 0 aromatic carbocycles. The molecule has 16 heavy (non-hydrogen) atoms. The molecule has 0 amide bonds. The van der Waals surface area contributed by atoms with E-state index in [2.05, 4.69) is 13.0 Å². The minimum Gasteiger partial charge on any atom is -0.469 e. The Balaban J connectivity index is 2.05. The van der Waals surface area contributed by atoms with Crippen molar-refractivity contribution in [2.45, 2.75) is 44.9 Å². The maximum atomic E-state index is 5.88. The van der Waals surface area contributed by atoms with Gasteiger partial charge in [0.2, 0.25) is 0 Å². The first-order chi connectivity index (χ1) is 7.85. The molecule has 1 aliphatic rings. The number of furan rings is 1. The first-order valence-corrected chi connectivity index (χ1v) is 6.58. The zero-order chi connectivity index (χ0) is 11.4. The van der Waals surface area contributed by atoms with E-state index >= 15 is 0 Å². The summed E-state index contributed by atoms with van der Waals surface area (Å²) >= 11 is 0. The van der Waals surface area contributed by atoms with Crippen molar-refractivity contribution in [3.63, 3.8) is 0 Å². The van der Waals surface area contributed by atoms with Gasteiger partial charge < -0.3 is 10.2 Å². The lowest BCUT2D eigenvalue weighted by atomic mass is 9.72. The summed E-state index contributed by atoms with van der Waals surface area (Å²) in [5, 5.41) is 0. The van der Waals surface area contributed by atoms with E-state index in [4.69, 9.17) is 10.2 Å². The standard InChI is InChI=1S/C14H23NO/c1-2-4-11-6-7-12(10-15)13(9-11)14-5-3-8-16-14/h3,5,8,11-13H,2,4,6-7,9-10,15H2,1H3. The molecule has 2 rings (SSSR count). The molecule has 1 aromatic heterocycles. The van der Waals surface area contributed by atoms with Crippen molar-refractivity contribution in [1.29, 1.82) is 0 Å². The average Bonchev–Trinajstić information content (AvgIpc) is 2.83. The van der Waals surface area contributed by atoms with E-state index < -0.39 is 0 Å². The van der Waals surface area contributed by atoms with Crippen LogP contribution in [-0.4, -0.2) is 6.54 Å². The summed E-state index contributed by atoms with van der Waals surface area (Å²) in [4.78, 5) is 0. The van der Waals surface area contributed by atoms with Crippen molar-refractivity contribution in [2.75, 3.05) is 6.54 Å². The minimum atomic E-state index is 0.560. The largest absolute Gasteiger partial charge is 0.469 e. The van der Waals surface area contributed by atoms with Gasteiger partial charge in [-0.25, -0.2) is 0 Å². The van der Waals surface area contributed by atoms with E-state index in [1.807, 2.05) is 6.07 Å². The molecule has 0 aliphatic heterocycles. The molecule has 1 saturated carbocycles. The van der Waals surface area contributed by atoms with Crippen LogP contribution in [0.3, 0.4) is 0 Å². The first kappa shape index (κ1) is 11.7. The Morgan fingerprint density at radius 3 is 2.94 bits per heavy atom. The highest BCUT2D eigenvalue weighted by Gasteiger charge is 2.31. The lowest BCUT2D eigenvalue weighted by Crippen LogP contribution is -2.28. The SMILES string of the molecule is CCCC1CCC(CN)C(c2ccco2)C1. The van der Waals surface area contributed by atoms with Gasteiger partial charge >= 0.3 is 0 Å². The van der Waals surface area contributed by atoms with Crippen LogP contribution in [0, 0.1) is 11.8 Å². The normalized spacial score (nSPS) is 30.5. The van der Waals surface area contributed by atoms with E-state index in [9.17, 15) is 0 Å². The van der Waals surface area contributed by atoms with E-state index in [0.717, 1.165) is 18.2 Å². The fourth-order valence-electron chi connectivity index (χ4n) is 3.12. The smallest absolute Gasteiger partial charge is 0.107 e. The van der Waals surface area contributed by atoms with Gasteiger partial charge in [0.25, 0.3) is 0 Å². The third-order valence-electron chi connectivity index (χ3n) is 4.01. The molecule has 3 atom stereocenters. The van der Waals surface area contributed by atoms with Crippen LogP contribution in [0.15, 0.2) is 22.8 Å². The average molecular weight is 221 g/mol. The zero-order valence-corrected chi connectivity index (χ0v) is 10.2. The third kappa shape index (κ3) is 2.49. The Morgan fingerprint density at radius 2 is 2.31 bits per heavy atom. The molecule has 0 radical (unpaired) electrons. The fraction of sp³-hybridized carbons (Fsp3) is 0.714. The summed E-state index contributed by atoms with van der Waals surface area (Å²) in [5.74, 6) is 3.21. The van der Waals surface area contributed by atoms with E-state index in [-0.39, 0.29) is 0 Å². The summed E-state index contributed by atoms with van der Waals surface area (Å²) in [6, 6.07) is 4.11. The van der Waals surface area contributed by atoms with Crippen LogP contribution < -0.4 is 5.73 Å². The molecule has 2 nitrogen and oxygen atoms in total. The molecule has 1 heterocycles. The van der Waals surface area contributed by atoms with Crippen molar-refractivity contribution >= 4 is 0 Å². The number of hydrogen-bond donors (Lipinski definition) is 1. The molecule has 3 unspecified atom stereocenters. The van der Waals surface area contributed by atoms with Crippen molar-refractivity contribution in [3.05, 3.63) is 24.2 Å². The lowest BCUT2D eigenvalue weighted by molar-refractivity contribution is 0.209. The fourth-order valence-corrected chi connectivity index (χ4v) is 3.12. The van der Waals surface area contributed by atoms with Crippen LogP contribution in [0.1, 0.15) is 50.7 Å². The minimum absolute atomic E-state index is 0.560. The monoisotopic (exact) mass is 221 g/mol. The maximum Gasteiger partial charge on any atom is 0.107 e. The molecule has 0 spiro atoms. The van der Waals surface area contributed by atoms with Crippen LogP contribution >= 0.6 is 0 Å². The molecule has 0 saturated heterocycles. The van der Waals surface area contributed by atoms with Gasteiger partial charge in [-0.1, -0.05) is 26.2 Å². The summed E-state index contributed by atoms with van der Waals surface area (Å²) in [5.41, 5.74) is 5.88.